The van der Waals surface area contributed by atoms with Crippen LogP contribution < -0.4 is 5.32 Å². The van der Waals surface area contributed by atoms with E-state index in [1.165, 1.54) is 42.5 Å². The summed E-state index contributed by atoms with van der Waals surface area (Å²) in [7, 11) is 2.25. The molecule has 1 heterocycles. The van der Waals surface area contributed by atoms with Gasteiger partial charge in [0.2, 0.25) is 0 Å². The van der Waals surface area contributed by atoms with E-state index >= 15 is 0 Å². The number of benzene rings is 1. The lowest BCUT2D eigenvalue weighted by molar-refractivity contribution is 0.242. The molecule has 1 N–H and O–H groups in total. The summed E-state index contributed by atoms with van der Waals surface area (Å²) in [4.78, 5) is 2.48. The van der Waals surface area contributed by atoms with E-state index in [4.69, 9.17) is 0 Å². The summed E-state index contributed by atoms with van der Waals surface area (Å²) in [5.74, 6) is 0.885. The summed E-state index contributed by atoms with van der Waals surface area (Å²) in [6, 6.07) is 8.53. The minimum atomic E-state index is 0.885. The summed E-state index contributed by atoms with van der Waals surface area (Å²) in [6.07, 6.45) is 3.79. The Hall–Kier alpha value is -0.380. The Balaban J connectivity index is 1.74. The van der Waals surface area contributed by atoms with Gasteiger partial charge in [0, 0.05) is 17.6 Å². The van der Waals surface area contributed by atoms with Crippen molar-refractivity contribution in [2.24, 2.45) is 5.92 Å². The van der Waals surface area contributed by atoms with Crippen LogP contribution in [0, 0.1) is 5.92 Å². The fourth-order valence-electron chi connectivity index (χ4n) is 2.61. The second-order valence-electron chi connectivity index (χ2n) is 5.30. The maximum absolute atomic E-state index is 3.62. The summed E-state index contributed by atoms with van der Waals surface area (Å²) >= 11 is 3.62. The quantitative estimate of drug-likeness (QED) is 0.899. The van der Waals surface area contributed by atoms with E-state index in [0.717, 1.165) is 18.9 Å². The van der Waals surface area contributed by atoms with E-state index in [1.54, 1.807) is 0 Å². The van der Waals surface area contributed by atoms with Crippen LogP contribution in [0.3, 0.4) is 0 Å². The Kier molecular flexibility index (Phi) is 5.67. The normalized spacial score (nSPS) is 17.3. The first-order chi connectivity index (χ1) is 8.75. The number of hydrogen-bond acceptors (Lipinski definition) is 2. The van der Waals surface area contributed by atoms with Gasteiger partial charge >= 0.3 is 0 Å². The van der Waals surface area contributed by atoms with Gasteiger partial charge in [-0.3, -0.25) is 0 Å². The van der Waals surface area contributed by atoms with Gasteiger partial charge < -0.3 is 10.2 Å². The summed E-state index contributed by atoms with van der Waals surface area (Å²) in [6.45, 7) is 4.78. The third-order valence-corrected chi connectivity index (χ3v) is 4.52. The maximum Gasteiger partial charge on any atom is 0.0207 e. The van der Waals surface area contributed by atoms with Gasteiger partial charge in [-0.05, 0) is 56.9 Å². The van der Waals surface area contributed by atoms with Gasteiger partial charge in [-0.1, -0.05) is 34.1 Å². The molecule has 0 aromatic heterocycles. The van der Waals surface area contributed by atoms with E-state index in [9.17, 15) is 0 Å². The third-order valence-electron chi connectivity index (χ3n) is 3.75. The average molecular weight is 311 g/mol. The van der Waals surface area contributed by atoms with Crippen molar-refractivity contribution < 1.29 is 0 Å². The van der Waals surface area contributed by atoms with Crippen LogP contribution >= 0.6 is 15.9 Å². The van der Waals surface area contributed by atoms with Crippen molar-refractivity contribution >= 4 is 15.9 Å². The lowest BCUT2D eigenvalue weighted by atomic mass is 9.97. The molecule has 2 nitrogen and oxygen atoms in total. The number of hydrogen-bond donors (Lipinski definition) is 1. The van der Waals surface area contributed by atoms with Crippen LogP contribution in [0.5, 0.6) is 0 Å². The Morgan fingerprint density at radius 2 is 2.00 bits per heavy atom. The number of nitrogens with one attached hydrogen (secondary N) is 1. The van der Waals surface area contributed by atoms with Crippen LogP contribution in [0.1, 0.15) is 18.4 Å². The molecule has 0 bridgehead atoms. The first kappa shape index (κ1) is 14.0. The first-order valence-corrected chi connectivity index (χ1v) is 7.67. The number of rotatable bonds is 5. The zero-order valence-corrected chi connectivity index (χ0v) is 12.7. The Morgan fingerprint density at radius 3 is 2.72 bits per heavy atom. The molecule has 0 aliphatic carbocycles. The molecule has 18 heavy (non-hydrogen) atoms. The van der Waals surface area contributed by atoms with Crippen LogP contribution in [0.4, 0.5) is 0 Å². The van der Waals surface area contributed by atoms with E-state index < -0.39 is 0 Å². The van der Waals surface area contributed by atoms with Crippen LogP contribution in [-0.4, -0.2) is 38.1 Å². The van der Waals surface area contributed by atoms with Crippen molar-refractivity contribution in [1.82, 2.24) is 10.2 Å². The minimum absolute atomic E-state index is 0.885. The van der Waals surface area contributed by atoms with Crippen molar-refractivity contribution in [3.63, 3.8) is 0 Å². The van der Waals surface area contributed by atoms with Gasteiger partial charge in [-0.25, -0.2) is 0 Å². The number of halogens is 1. The molecule has 1 aromatic rings. The van der Waals surface area contributed by atoms with Gasteiger partial charge in [0.05, 0.1) is 0 Å². The molecule has 0 spiro atoms. The Labute approximate surface area is 119 Å². The molecule has 0 radical (unpaired) electrons. The zero-order chi connectivity index (χ0) is 12.8. The Morgan fingerprint density at radius 1 is 1.28 bits per heavy atom. The lowest BCUT2D eigenvalue weighted by Gasteiger charge is -2.27. The first-order valence-electron chi connectivity index (χ1n) is 6.88. The molecule has 0 unspecified atom stereocenters. The van der Waals surface area contributed by atoms with E-state index in [-0.39, 0.29) is 0 Å². The average Bonchev–Trinajstić information content (AvgIpc) is 2.39. The van der Waals surface area contributed by atoms with Crippen LogP contribution in [0.25, 0.3) is 0 Å². The van der Waals surface area contributed by atoms with Gasteiger partial charge in [-0.15, -0.1) is 0 Å². The fourth-order valence-corrected chi connectivity index (χ4v) is 3.09. The topological polar surface area (TPSA) is 15.3 Å². The van der Waals surface area contributed by atoms with Crippen LogP contribution in [0.15, 0.2) is 28.7 Å². The minimum Gasteiger partial charge on any atom is -0.317 e. The van der Waals surface area contributed by atoms with Gasteiger partial charge in [0.1, 0.15) is 0 Å². The second-order valence-corrected chi connectivity index (χ2v) is 6.15. The molecule has 1 aromatic carbocycles. The van der Waals surface area contributed by atoms with Crippen LogP contribution in [0.2, 0.25) is 0 Å². The maximum atomic E-state index is 3.62. The van der Waals surface area contributed by atoms with Crippen molar-refractivity contribution in [3.8, 4) is 0 Å². The number of piperidine rings is 1. The molecule has 0 amide bonds. The standard InChI is InChI=1S/C15H23BrN2/c1-18(12-13-6-9-17-10-7-13)11-8-14-4-2-3-5-15(14)16/h2-5,13,17H,6-12H2,1H3. The van der Waals surface area contributed by atoms with E-state index in [0.29, 0.717) is 0 Å². The highest BCUT2D eigenvalue weighted by Crippen LogP contribution is 2.17. The highest BCUT2D eigenvalue weighted by atomic mass is 79.9. The van der Waals surface area contributed by atoms with Crippen molar-refractivity contribution in [2.75, 3.05) is 33.2 Å². The molecule has 1 fully saturated rings. The molecule has 100 valence electrons. The highest BCUT2D eigenvalue weighted by Gasteiger charge is 2.14. The zero-order valence-electron chi connectivity index (χ0n) is 11.2. The molecule has 3 heteroatoms. The van der Waals surface area contributed by atoms with Gasteiger partial charge in [-0.2, -0.15) is 0 Å². The molecule has 2 rings (SSSR count). The van der Waals surface area contributed by atoms with Crippen molar-refractivity contribution in [3.05, 3.63) is 34.3 Å². The summed E-state index contributed by atoms with van der Waals surface area (Å²) in [5.41, 5.74) is 1.41. The molecule has 0 atom stereocenters. The monoisotopic (exact) mass is 310 g/mol. The Bertz CT molecular complexity index is 361. The lowest BCUT2D eigenvalue weighted by Crippen LogP contribution is -2.35. The SMILES string of the molecule is CN(CCc1ccccc1Br)CC1CCNCC1. The van der Waals surface area contributed by atoms with E-state index in [1.807, 2.05) is 0 Å². The second kappa shape index (κ2) is 7.27. The fraction of sp³-hybridized carbons (Fsp3) is 0.600. The predicted molar refractivity (Wildman–Crippen MR) is 80.9 cm³/mol. The number of nitrogens with zero attached hydrogens (tertiary/aromatic N) is 1. The molecular weight excluding hydrogens is 288 g/mol. The third kappa shape index (κ3) is 4.38. The molecular formula is C15H23BrN2. The van der Waals surface area contributed by atoms with Gasteiger partial charge in [0.15, 0.2) is 0 Å². The largest absolute Gasteiger partial charge is 0.317 e. The predicted octanol–water partition coefficient (Wildman–Crippen LogP) is 2.92. The molecule has 1 aliphatic rings. The van der Waals surface area contributed by atoms with Crippen molar-refractivity contribution in [2.45, 2.75) is 19.3 Å². The molecule has 0 saturated carbocycles. The van der Waals surface area contributed by atoms with Crippen LogP contribution in [-0.2, 0) is 6.42 Å². The van der Waals surface area contributed by atoms with Crippen molar-refractivity contribution in [1.29, 1.82) is 0 Å². The van der Waals surface area contributed by atoms with E-state index in [2.05, 4.69) is 57.5 Å². The summed E-state index contributed by atoms with van der Waals surface area (Å²) in [5, 5.41) is 3.43. The van der Waals surface area contributed by atoms with Gasteiger partial charge in [0.25, 0.3) is 0 Å². The summed E-state index contributed by atoms with van der Waals surface area (Å²) < 4.78 is 1.24. The number of likely N-dealkylation sites (N-methyl/N-ethyl adjacent to an activating group) is 1. The molecule has 1 aliphatic heterocycles. The smallest absolute Gasteiger partial charge is 0.0207 e. The molecule has 1 saturated heterocycles. The highest BCUT2D eigenvalue weighted by molar-refractivity contribution is 9.10.